The van der Waals surface area contributed by atoms with Gasteiger partial charge in [-0.2, -0.15) is 10.5 Å². The normalized spacial score (nSPS) is 11.4. The summed E-state index contributed by atoms with van der Waals surface area (Å²) in [5.41, 5.74) is 11.0. The number of aromatic nitrogens is 9. The molecule has 0 aliphatic rings. The molecular weight excluding hydrogens is 853 g/mol. The van der Waals surface area contributed by atoms with Gasteiger partial charge in [0.25, 0.3) is 5.82 Å². The third kappa shape index (κ3) is 5.79. The molecule has 0 atom stereocenters. The van der Waals surface area contributed by atoms with Crippen molar-refractivity contribution in [1.29, 1.82) is 10.5 Å². The molecule has 6 heterocycles. The van der Waals surface area contributed by atoms with E-state index in [1.165, 1.54) is 18.6 Å². The summed E-state index contributed by atoms with van der Waals surface area (Å²) in [5, 5.41) is 26.4. The van der Waals surface area contributed by atoms with Crippen molar-refractivity contribution in [2.45, 2.75) is 0 Å². The summed E-state index contributed by atoms with van der Waals surface area (Å²) in [6.45, 7) is 7.93. The molecule has 0 spiro atoms. The maximum absolute atomic E-state index is 10.1. The molecule has 12 nitrogen and oxygen atoms in total. The summed E-state index contributed by atoms with van der Waals surface area (Å²) in [6.07, 6.45) is 9.43. The maximum Gasteiger partial charge on any atom is 0.287 e. The van der Waals surface area contributed by atoms with Crippen molar-refractivity contribution in [1.82, 2.24) is 43.6 Å². The van der Waals surface area contributed by atoms with Gasteiger partial charge in [-0.05, 0) is 36.4 Å². The summed E-state index contributed by atoms with van der Waals surface area (Å²) >= 11 is 0. The second-order valence-corrected chi connectivity index (χ2v) is 16.4. The Balaban J connectivity index is 1.42. The van der Waals surface area contributed by atoms with Crippen molar-refractivity contribution < 1.29 is 0 Å². The summed E-state index contributed by atoms with van der Waals surface area (Å²) in [6, 6.07) is 54.2. The van der Waals surface area contributed by atoms with Crippen LogP contribution in [0.3, 0.4) is 0 Å². The molecule has 13 aromatic rings. The largest absolute Gasteiger partial charge is 0.359 e. The minimum Gasteiger partial charge on any atom is -0.359 e. The Bertz CT molecular complexity index is 3760. The number of fused-ring (bicyclic) bond motifs is 9. The number of hydrogen-bond donors (Lipinski definition) is 0. The van der Waals surface area contributed by atoms with Crippen molar-refractivity contribution >= 4 is 71.2 Å². The summed E-state index contributed by atoms with van der Waals surface area (Å²) in [4.78, 5) is 33.1. The van der Waals surface area contributed by atoms with Crippen LogP contribution in [-0.2, 0) is 0 Å². The van der Waals surface area contributed by atoms with Gasteiger partial charge < -0.3 is 18.5 Å². The topological polar surface area (TPSA) is 144 Å². The van der Waals surface area contributed by atoms with Gasteiger partial charge in [0, 0.05) is 32.3 Å². The van der Waals surface area contributed by atoms with Crippen LogP contribution in [0.2, 0.25) is 0 Å². The molecule has 0 unspecified atom stereocenters. The Labute approximate surface area is 392 Å². The van der Waals surface area contributed by atoms with E-state index in [0.717, 1.165) is 65.4 Å². The second-order valence-electron chi connectivity index (χ2n) is 16.4. The number of hydrogen-bond acceptors (Lipinski definition) is 8. The predicted octanol–water partition coefficient (Wildman–Crippen LogP) is 12.6. The van der Waals surface area contributed by atoms with E-state index in [0.29, 0.717) is 50.8 Å². The van der Waals surface area contributed by atoms with Gasteiger partial charge in [0.1, 0.15) is 24.0 Å². The molecule has 0 amide bonds. The van der Waals surface area contributed by atoms with Gasteiger partial charge in [-0.15, -0.1) is 4.98 Å². The Kier molecular flexibility index (Phi) is 8.71. The van der Waals surface area contributed by atoms with Crippen LogP contribution < -0.4 is 0 Å². The third-order valence-electron chi connectivity index (χ3n) is 12.9. The average Bonchev–Trinajstić information content (AvgIpc) is 4.06. The lowest BCUT2D eigenvalue weighted by Gasteiger charge is -2.29. The smallest absolute Gasteiger partial charge is 0.287 e. The van der Waals surface area contributed by atoms with Crippen LogP contribution in [0.5, 0.6) is 0 Å². The molecule has 318 valence electrons. The molecule has 12 heteroatoms. The Morgan fingerprint density at radius 1 is 0.348 bits per heavy atom. The first-order valence-corrected chi connectivity index (χ1v) is 22.0. The number of benzene rings is 7. The molecule has 0 bridgehead atoms. The molecule has 0 saturated carbocycles. The maximum atomic E-state index is 10.1. The van der Waals surface area contributed by atoms with Crippen molar-refractivity contribution in [3.05, 3.63) is 206 Å². The minimum atomic E-state index is 0.133. The average molecular weight is 883 g/mol. The zero-order chi connectivity index (χ0) is 46.2. The van der Waals surface area contributed by atoms with Crippen LogP contribution in [0.25, 0.3) is 121 Å². The van der Waals surface area contributed by atoms with Gasteiger partial charge >= 0.3 is 0 Å². The van der Waals surface area contributed by atoms with Crippen molar-refractivity contribution in [3.63, 3.8) is 0 Å². The van der Waals surface area contributed by atoms with Gasteiger partial charge in [-0.25, -0.2) is 9.97 Å². The molecule has 13 rings (SSSR count). The van der Waals surface area contributed by atoms with Gasteiger partial charge in [0.05, 0.1) is 109 Å². The monoisotopic (exact) mass is 882 g/mol. The van der Waals surface area contributed by atoms with Crippen LogP contribution >= 0.6 is 0 Å². The van der Waals surface area contributed by atoms with Gasteiger partial charge in [-0.3, -0.25) is 15.0 Å². The van der Waals surface area contributed by atoms with Crippen LogP contribution in [0.1, 0.15) is 11.4 Å². The number of para-hydroxylation sites is 6. The fraction of sp³-hybridized carbons (Fsp3) is 0. The molecule has 69 heavy (non-hydrogen) atoms. The first-order chi connectivity index (χ1) is 34.1. The molecule has 0 N–H and O–H groups in total. The zero-order valence-corrected chi connectivity index (χ0v) is 36.2. The Hall–Kier alpha value is -10.4. The lowest BCUT2D eigenvalue weighted by molar-refractivity contribution is 1.07. The van der Waals surface area contributed by atoms with E-state index >= 15 is 0 Å². The summed E-state index contributed by atoms with van der Waals surface area (Å²) < 4.78 is 6.80. The fourth-order valence-electron chi connectivity index (χ4n) is 10.1. The summed E-state index contributed by atoms with van der Waals surface area (Å²) in [7, 11) is 0. The molecule has 0 aliphatic carbocycles. The molecule has 0 radical (unpaired) electrons. The van der Waals surface area contributed by atoms with E-state index in [4.69, 9.17) is 36.5 Å². The molecular formula is C57H30N12. The predicted molar refractivity (Wildman–Crippen MR) is 268 cm³/mol. The Morgan fingerprint density at radius 2 is 0.623 bits per heavy atom. The standard InChI is InChI=1S/C57H30N12/c1-60-51-33-65-44(32-66-51)54-56(68-47-22-10-4-16-38(47)39-17-5-11-23-48(39)68)52(42-30-61-34(26-58)28-63-42)55(67-45-20-8-2-14-36(45)37-15-3-9-21-46(37)67)53(43-31-62-35(27-59)29-64-43)57(54)69-49-24-12-6-18-40(49)41-19-7-13-25-50(41)69/h2-25,28-33H. The number of nitriles is 2. The van der Waals surface area contributed by atoms with Crippen LogP contribution in [0.4, 0.5) is 5.82 Å². The lowest BCUT2D eigenvalue weighted by atomic mass is 9.90. The van der Waals surface area contributed by atoms with E-state index in [2.05, 4.69) is 103 Å². The first kappa shape index (κ1) is 39.1. The molecule has 0 aliphatic heterocycles. The third-order valence-corrected chi connectivity index (χ3v) is 12.9. The molecule has 7 aromatic carbocycles. The van der Waals surface area contributed by atoms with Gasteiger partial charge in [-0.1, -0.05) is 116 Å². The molecule has 6 aromatic heterocycles. The highest BCUT2D eigenvalue weighted by atomic mass is 15.1. The van der Waals surface area contributed by atoms with Gasteiger partial charge in [0.2, 0.25) is 0 Å². The zero-order valence-electron chi connectivity index (χ0n) is 36.2. The van der Waals surface area contributed by atoms with Crippen LogP contribution in [0.15, 0.2) is 183 Å². The number of nitrogens with zero attached hydrogens (tertiary/aromatic N) is 12. The van der Waals surface area contributed by atoms with E-state index in [9.17, 15) is 10.5 Å². The highest BCUT2D eigenvalue weighted by Gasteiger charge is 2.35. The van der Waals surface area contributed by atoms with E-state index in [1.54, 1.807) is 18.6 Å². The van der Waals surface area contributed by atoms with E-state index in [-0.39, 0.29) is 17.2 Å². The van der Waals surface area contributed by atoms with Crippen LogP contribution in [-0.4, -0.2) is 43.6 Å². The minimum absolute atomic E-state index is 0.133. The highest BCUT2D eigenvalue weighted by molar-refractivity contribution is 6.17. The van der Waals surface area contributed by atoms with Crippen molar-refractivity contribution in [3.8, 4) is 63.0 Å². The highest BCUT2D eigenvalue weighted by Crippen LogP contribution is 2.53. The fourth-order valence-corrected chi connectivity index (χ4v) is 10.1. The lowest BCUT2D eigenvalue weighted by Crippen LogP contribution is -2.14. The SMILES string of the molecule is [C-]#[N+]c1cnc(-c2c(-n3c4ccccc4c4ccccc43)c(-c3cnc(C#N)cn3)c(-n3c4ccccc4c4ccccc43)c(-c3cnc(C#N)cn3)c2-n2c3ccccc3c3ccccc32)cn1. The van der Waals surface area contributed by atoms with Crippen molar-refractivity contribution in [2.24, 2.45) is 0 Å². The second kappa shape index (κ2) is 15.4. The summed E-state index contributed by atoms with van der Waals surface area (Å²) in [5.74, 6) is 0.133. The van der Waals surface area contributed by atoms with E-state index < -0.39 is 0 Å². The quantitative estimate of drug-likeness (QED) is 0.150. The van der Waals surface area contributed by atoms with Crippen LogP contribution in [0, 0.1) is 29.2 Å². The van der Waals surface area contributed by atoms with Gasteiger partial charge in [0.15, 0.2) is 11.4 Å². The molecule has 0 saturated heterocycles. The Morgan fingerprint density at radius 3 is 0.855 bits per heavy atom. The van der Waals surface area contributed by atoms with E-state index in [1.807, 2.05) is 72.8 Å². The first-order valence-electron chi connectivity index (χ1n) is 22.0. The molecule has 0 fully saturated rings. The number of rotatable bonds is 6. The van der Waals surface area contributed by atoms with Crippen molar-refractivity contribution in [2.75, 3.05) is 0 Å².